The molecule has 0 spiro atoms. The van der Waals surface area contributed by atoms with Gasteiger partial charge in [0, 0.05) is 18.7 Å². The summed E-state index contributed by atoms with van der Waals surface area (Å²) in [6.07, 6.45) is 2.11. The molecule has 0 saturated carbocycles. The van der Waals surface area contributed by atoms with Gasteiger partial charge in [0.1, 0.15) is 18.2 Å². The van der Waals surface area contributed by atoms with E-state index in [1.807, 2.05) is 24.3 Å². The molecule has 0 radical (unpaired) electrons. The highest BCUT2D eigenvalue weighted by atomic mass is 19.1. The molecule has 1 heterocycles. The van der Waals surface area contributed by atoms with Crippen molar-refractivity contribution in [2.75, 3.05) is 5.32 Å². The van der Waals surface area contributed by atoms with Gasteiger partial charge in [-0.05, 0) is 40.6 Å². The van der Waals surface area contributed by atoms with Gasteiger partial charge in [0.05, 0.1) is 0 Å². The molecule has 2 aromatic carbocycles. The average Bonchev–Trinajstić information content (AvgIpc) is 3.12. The van der Waals surface area contributed by atoms with Crippen molar-refractivity contribution in [1.82, 2.24) is 20.2 Å². The number of halogens is 1. The van der Waals surface area contributed by atoms with Crippen molar-refractivity contribution in [2.45, 2.75) is 39.5 Å². The Balaban J connectivity index is 1.62. The van der Waals surface area contributed by atoms with Gasteiger partial charge in [0.2, 0.25) is 5.95 Å². The number of tetrazole rings is 1. The smallest absolute Gasteiger partial charge is 0.243 e. The van der Waals surface area contributed by atoms with Crippen LogP contribution in [0.1, 0.15) is 30.9 Å². The minimum Gasteiger partial charge on any atom is -0.489 e. The van der Waals surface area contributed by atoms with E-state index in [2.05, 4.69) is 27.8 Å². The molecule has 6 nitrogen and oxygen atoms in total. The lowest BCUT2D eigenvalue weighted by atomic mass is 10.2. The lowest BCUT2D eigenvalue weighted by Gasteiger charge is -2.12. The number of rotatable bonds is 9. The van der Waals surface area contributed by atoms with Crippen LogP contribution in [-0.2, 0) is 19.7 Å². The second-order valence-corrected chi connectivity index (χ2v) is 5.96. The van der Waals surface area contributed by atoms with Gasteiger partial charge in [-0.15, -0.1) is 0 Å². The number of ether oxygens (including phenoxy) is 1. The third-order valence-electron chi connectivity index (χ3n) is 3.97. The van der Waals surface area contributed by atoms with Crippen LogP contribution in [-0.4, -0.2) is 20.2 Å². The molecule has 3 rings (SSSR count). The molecule has 0 aliphatic carbocycles. The number of benzene rings is 2. The summed E-state index contributed by atoms with van der Waals surface area (Å²) in [5, 5.41) is 15.0. The molecular weight excluding hydrogens is 333 g/mol. The van der Waals surface area contributed by atoms with Gasteiger partial charge < -0.3 is 10.1 Å². The average molecular weight is 355 g/mol. The van der Waals surface area contributed by atoms with Crippen LogP contribution in [0.2, 0.25) is 0 Å². The maximum Gasteiger partial charge on any atom is 0.243 e. The molecule has 0 unspecified atom stereocenters. The predicted octanol–water partition coefficient (Wildman–Crippen LogP) is 3.80. The van der Waals surface area contributed by atoms with Crippen LogP contribution in [0.15, 0.2) is 48.5 Å². The summed E-state index contributed by atoms with van der Waals surface area (Å²) in [7, 11) is 0. The monoisotopic (exact) mass is 355 g/mol. The fourth-order valence-corrected chi connectivity index (χ4v) is 2.50. The highest BCUT2D eigenvalue weighted by Crippen LogP contribution is 2.20. The molecule has 0 aliphatic rings. The Morgan fingerprint density at radius 1 is 1.12 bits per heavy atom. The second-order valence-electron chi connectivity index (χ2n) is 5.96. The second kappa shape index (κ2) is 8.94. The number of para-hydroxylation sites is 1. The molecule has 136 valence electrons. The van der Waals surface area contributed by atoms with Crippen molar-refractivity contribution in [3.63, 3.8) is 0 Å². The van der Waals surface area contributed by atoms with Crippen molar-refractivity contribution in [3.8, 4) is 5.75 Å². The zero-order valence-electron chi connectivity index (χ0n) is 14.7. The molecular formula is C19H22FN5O. The number of hydrogen-bond acceptors (Lipinski definition) is 5. The number of aromatic nitrogens is 4. The van der Waals surface area contributed by atoms with Gasteiger partial charge in [0.15, 0.2) is 0 Å². The van der Waals surface area contributed by atoms with Crippen molar-refractivity contribution >= 4 is 5.95 Å². The minimum absolute atomic E-state index is 0.251. The van der Waals surface area contributed by atoms with Crippen LogP contribution in [0.25, 0.3) is 0 Å². The minimum atomic E-state index is -0.251. The fourth-order valence-electron chi connectivity index (χ4n) is 2.50. The summed E-state index contributed by atoms with van der Waals surface area (Å²) in [6.45, 7) is 3.85. The van der Waals surface area contributed by atoms with Gasteiger partial charge in [-0.3, -0.25) is 0 Å². The third kappa shape index (κ3) is 4.78. The molecule has 7 heteroatoms. The summed E-state index contributed by atoms with van der Waals surface area (Å²) in [6, 6.07) is 14.1. The Labute approximate surface area is 152 Å². The highest BCUT2D eigenvalue weighted by Gasteiger charge is 2.08. The van der Waals surface area contributed by atoms with E-state index in [1.165, 1.54) is 12.1 Å². The quantitative estimate of drug-likeness (QED) is 0.632. The summed E-state index contributed by atoms with van der Waals surface area (Å²) >= 11 is 0. The standard InChI is InChI=1S/C19H22FN5O/c1-2-3-12-25-19(22-23-24-25)21-13-16-6-4-5-7-18(16)26-14-15-8-10-17(20)11-9-15/h4-11H,2-3,12-14H2,1H3,(H,21,22,24). The van der Waals surface area contributed by atoms with Gasteiger partial charge in [0.25, 0.3) is 0 Å². The molecule has 0 amide bonds. The Morgan fingerprint density at radius 3 is 2.73 bits per heavy atom. The van der Waals surface area contributed by atoms with E-state index in [-0.39, 0.29) is 5.82 Å². The van der Waals surface area contributed by atoms with Crippen molar-refractivity contribution in [2.24, 2.45) is 0 Å². The maximum atomic E-state index is 13.0. The van der Waals surface area contributed by atoms with E-state index < -0.39 is 0 Å². The molecule has 1 N–H and O–H groups in total. The number of nitrogens with zero attached hydrogens (tertiary/aromatic N) is 4. The summed E-state index contributed by atoms with van der Waals surface area (Å²) in [5.74, 6) is 1.17. The molecule has 0 saturated heterocycles. The Bertz CT molecular complexity index is 819. The zero-order valence-corrected chi connectivity index (χ0v) is 14.7. The fraction of sp³-hybridized carbons (Fsp3) is 0.316. The number of anilines is 1. The zero-order chi connectivity index (χ0) is 18.2. The van der Waals surface area contributed by atoms with Crippen molar-refractivity contribution in [1.29, 1.82) is 0 Å². The first-order valence-corrected chi connectivity index (χ1v) is 8.71. The van der Waals surface area contributed by atoms with Crippen LogP contribution in [0.3, 0.4) is 0 Å². The molecule has 26 heavy (non-hydrogen) atoms. The Morgan fingerprint density at radius 2 is 1.92 bits per heavy atom. The highest BCUT2D eigenvalue weighted by molar-refractivity contribution is 5.37. The predicted molar refractivity (Wildman–Crippen MR) is 97.2 cm³/mol. The lowest BCUT2D eigenvalue weighted by molar-refractivity contribution is 0.303. The first-order chi connectivity index (χ1) is 12.8. The molecule has 0 bridgehead atoms. The molecule has 0 aliphatic heterocycles. The van der Waals surface area contributed by atoms with Gasteiger partial charge >= 0.3 is 0 Å². The number of hydrogen-bond donors (Lipinski definition) is 1. The van der Waals surface area contributed by atoms with Gasteiger partial charge in [-0.2, -0.15) is 0 Å². The Hall–Kier alpha value is -2.96. The van der Waals surface area contributed by atoms with E-state index in [1.54, 1.807) is 16.8 Å². The summed E-state index contributed by atoms with van der Waals surface area (Å²) in [4.78, 5) is 0. The van der Waals surface area contributed by atoms with Crippen LogP contribution in [0.5, 0.6) is 5.75 Å². The van der Waals surface area contributed by atoms with Crippen LogP contribution in [0.4, 0.5) is 10.3 Å². The molecule has 1 aromatic heterocycles. The van der Waals surface area contributed by atoms with Crippen LogP contribution < -0.4 is 10.1 Å². The third-order valence-corrected chi connectivity index (χ3v) is 3.97. The van der Waals surface area contributed by atoms with Gasteiger partial charge in [-0.25, -0.2) is 9.07 Å². The number of aryl methyl sites for hydroxylation is 1. The summed E-state index contributed by atoms with van der Waals surface area (Å²) in [5.41, 5.74) is 1.91. The maximum absolute atomic E-state index is 13.0. The molecule has 3 aromatic rings. The lowest BCUT2D eigenvalue weighted by Crippen LogP contribution is -2.10. The topological polar surface area (TPSA) is 64.9 Å². The normalized spacial score (nSPS) is 10.7. The van der Waals surface area contributed by atoms with E-state index >= 15 is 0 Å². The summed E-state index contributed by atoms with van der Waals surface area (Å²) < 4.78 is 20.7. The van der Waals surface area contributed by atoms with Gasteiger partial charge in [-0.1, -0.05) is 48.8 Å². The Kier molecular flexibility index (Phi) is 6.14. The molecule has 0 atom stereocenters. The number of unbranched alkanes of at least 4 members (excludes halogenated alkanes) is 1. The van der Waals surface area contributed by atoms with E-state index in [0.29, 0.717) is 19.1 Å². The van der Waals surface area contributed by atoms with E-state index in [0.717, 1.165) is 36.3 Å². The number of nitrogens with one attached hydrogen (secondary N) is 1. The van der Waals surface area contributed by atoms with Crippen molar-refractivity contribution < 1.29 is 9.13 Å². The van der Waals surface area contributed by atoms with Crippen LogP contribution >= 0.6 is 0 Å². The SMILES string of the molecule is CCCCn1nnnc1NCc1ccccc1OCc1ccc(F)cc1. The first-order valence-electron chi connectivity index (χ1n) is 8.71. The largest absolute Gasteiger partial charge is 0.489 e. The van der Waals surface area contributed by atoms with E-state index in [9.17, 15) is 4.39 Å². The van der Waals surface area contributed by atoms with Crippen molar-refractivity contribution in [3.05, 3.63) is 65.5 Å². The van der Waals surface area contributed by atoms with E-state index in [4.69, 9.17) is 4.74 Å². The van der Waals surface area contributed by atoms with Crippen LogP contribution in [0, 0.1) is 5.82 Å². The molecule has 0 fully saturated rings. The first kappa shape index (κ1) is 17.8.